The van der Waals surface area contributed by atoms with Gasteiger partial charge in [0.2, 0.25) is 0 Å². The molecular formula is C16H16N4. The molecule has 2 aromatic heterocycles. The number of nitrogens with zero attached hydrogens (tertiary/aromatic N) is 3. The minimum atomic E-state index is 0.700. The summed E-state index contributed by atoms with van der Waals surface area (Å²) in [6, 6.07) is 10.8. The Bertz CT molecular complexity index is 708. The second-order valence-corrected chi connectivity index (χ2v) is 5.39. The maximum atomic E-state index is 4.42. The van der Waals surface area contributed by atoms with Crippen molar-refractivity contribution in [3.8, 4) is 11.1 Å². The van der Waals surface area contributed by atoms with Crippen LogP contribution >= 0.6 is 0 Å². The molecule has 1 aliphatic rings. The Labute approximate surface area is 117 Å². The predicted molar refractivity (Wildman–Crippen MR) is 77.3 cm³/mol. The Morgan fingerprint density at radius 1 is 1.20 bits per heavy atom. The van der Waals surface area contributed by atoms with Gasteiger partial charge in [-0.2, -0.15) is 10.2 Å². The number of nitrogens with one attached hydrogen (secondary N) is 1. The van der Waals surface area contributed by atoms with Crippen molar-refractivity contribution < 1.29 is 0 Å². The van der Waals surface area contributed by atoms with Gasteiger partial charge in [-0.15, -0.1) is 0 Å². The molecular weight excluding hydrogens is 248 g/mol. The lowest BCUT2D eigenvalue weighted by molar-refractivity contribution is 0.670. The Morgan fingerprint density at radius 3 is 2.95 bits per heavy atom. The van der Waals surface area contributed by atoms with Gasteiger partial charge in [-0.3, -0.25) is 9.78 Å². The van der Waals surface area contributed by atoms with Crippen LogP contribution in [0.1, 0.15) is 30.0 Å². The van der Waals surface area contributed by atoms with Crippen molar-refractivity contribution in [3.63, 3.8) is 0 Å². The summed E-state index contributed by atoms with van der Waals surface area (Å²) in [7, 11) is 0. The Kier molecular flexibility index (Phi) is 2.66. The minimum absolute atomic E-state index is 0.700. The van der Waals surface area contributed by atoms with E-state index in [0.29, 0.717) is 6.54 Å². The average molecular weight is 264 g/mol. The quantitative estimate of drug-likeness (QED) is 0.786. The third-order valence-corrected chi connectivity index (χ3v) is 3.78. The predicted octanol–water partition coefficient (Wildman–Crippen LogP) is 3.20. The van der Waals surface area contributed by atoms with Crippen molar-refractivity contribution in [1.82, 2.24) is 20.0 Å². The monoisotopic (exact) mass is 264 g/mol. The summed E-state index contributed by atoms with van der Waals surface area (Å²) in [4.78, 5) is 0. The molecule has 4 heteroatoms. The molecule has 0 aliphatic heterocycles. The van der Waals surface area contributed by atoms with Gasteiger partial charge in [0.15, 0.2) is 0 Å². The fourth-order valence-corrected chi connectivity index (χ4v) is 2.53. The number of rotatable bonds is 4. The Morgan fingerprint density at radius 2 is 2.15 bits per heavy atom. The molecule has 0 spiro atoms. The largest absolute Gasteiger partial charge is 0.285 e. The summed E-state index contributed by atoms with van der Waals surface area (Å²) in [5, 5.41) is 11.4. The van der Waals surface area contributed by atoms with Crippen LogP contribution in [-0.2, 0) is 6.54 Å². The van der Waals surface area contributed by atoms with Crippen LogP contribution < -0.4 is 0 Å². The molecule has 0 saturated heterocycles. The van der Waals surface area contributed by atoms with Crippen LogP contribution in [0.15, 0.2) is 48.9 Å². The van der Waals surface area contributed by atoms with Crippen molar-refractivity contribution in [3.05, 3.63) is 60.2 Å². The maximum Gasteiger partial charge on any atom is 0.0849 e. The molecule has 0 atom stereocenters. The van der Waals surface area contributed by atoms with Crippen LogP contribution in [0, 0.1) is 0 Å². The lowest BCUT2D eigenvalue weighted by Gasteiger charge is -2.01. The van der Waals surface area contributed by atoms with Crippen LogP contribution in [0.4, 0.5) is 0 Å². The number of hydrogen-bond acceptors (Lipinski definition) is 2. The smallest absolute Gasteiger partial charge is 0.0849 e. The lowest BCUT2D eigenvalue weighted by atomic mass is 10.0. The van der Waals surface area contributed by atoms with Gasteiger partial charge in [0.05, 0.1) is 18.4 Å². The van der Waals surface area contributed by atoms with Gasteiger partial charge in [-0.25, -0.2) is 0 Å². The van der Waals surface area contributed by atoms with Crippen LogP contribution in [0.3, 0.4) is 0 Å². The SMILES string of the molecule is c1cc(-c2cnn(Cc3cc[nH]n3)c2)cc(C2CC2)c1. The maximum absolute atomic E-state index is 4.42. The van der Waals surface area contributed by atoms with Gasteiger partial charge < -0.3 is 0 Å². The first-order valence-electron chi connectivity index (χ1n) is 7.00. The van der Waals surface area contributed by atoms with Crippen LogP contribution in [0.2, 0.25) is 0 Å². The van der Waals surface area contributed by atoms with Crippen LogP contribution in [0.5, 0.6) is 0 Å². The van der Waals surface area contributed by atoms with Crippen molar-refractivity contribution in [2.75, 3.05) is 0 Å². The molecule has 4 nitrogen and oxygen atoms in total. The van der Waals surface area contributed by atoms with Crippen molar-refractivity contribution in [2.45, 2.75) is 25.3 Å². The van der Waals surface area contributed by atoms with E-state index in [9.17, 15) is 0 Å². The highest BCUT2D eigenvalue weighted by Gasteiger charge is 2.23. The van der Waals surface area contributed by atoms with Gasteiger partial charge in [-0.1, -0.05) is 24.3 Å². The zero-order chi connectivity index (χ0) is 13.4. The number of benzene rings is 1. The summed E-state index contributed by atoms with van der Waals surface area (Å²) in [6.45, 7) is 0.700. The molecule has 4 rings (SSSR count). The molecule has 0 amide bonds. The van der Waals surface area contributed by atoms with E-state index in [-0.39, 0.29) is 0 Å². The molecule has 1 aliphatic carbocycles. The first kappa shape index (κ1) is 11.5. The van der Waals surface area contributed by atoms with Crippen molar-refractivity contribution >= 4 is 0 Å². The van der Waals surface area contributed by atoms with E-state index in [0.717, 1.165) is 11.6 Å². The van der Waals surface area contributed by atoms with E-state index in [4.69, 9.17) is 0 Å². The molecule has 1 fully saturated rings. The summed E-state index contributed by atoms with van der Waals surface area (Å²) in [6.07, 6.45) is 8.52. The van der Waals surface area contributed by atoms with Gasteiger partial charge in [-0.05, 0) is 36.0 Å². The zero-order valence-corrected chi connectivity index (χ0v) is 11.2. The number of aromatic nitrogens is 4. The summed E-state index contributed by atoms with van der Waals surface area (Å²) >= 11 is 0. The molecule has 1 N–H and O–H groups in total. The fourth-order valence-electron chi connectivity index (χ4n) is 2.53. The Hall–Kier alpha value is -2.36. The van der Waals surface area contributed by atoms with E-state index in [1.807, 2.05) is 23.1 Å². The lowest BCUT2D eigenvalue weighted by Crippen LogP contribution is -1.99. The number of hydrogen-bond donors (Lipinski definition) is 1. The minimum Gasteiger partial charge on any atom is -0.285 e. The standard InChI is InChI=1S/C16H16N4/c1-2-13(12-4-5-12)8-14(3-1)15-9-18-20(10-15)11-16-6-7-17-19-16/h1-3,6-10,12H,4-5,11H2,(H,17,19). The highest BCUT2D eigenvalue weighted by atomic mass is 15.3. The van der Waals surface area contributed by atoms with Gasteiger partial charge in [0.25, 0.3) is 0 Å². The normalized spacial score (nSPS) is 14.6. The van der Waals surface area contributed by atoms with Crippen molar-refractivity contribution in [2.24, 2.45) is 0 Å². The van der Waals surface area contributed by atoms with Crippen LogP contribution in [-0.4, -0.2) is 20.0 Å². The summed E-state index contributed by atoms with van der Waals surface area (Å²) in [5.41, 5.74) is 4.87. The molecule has 1 aromatic carbocycles. The Balaban J connectivity index is 1.59. The highest BCUT2D eigenvalue weighted by molar-refractivity contribution is 5.63. The third kappa shape index (κ3) is 2.25. The van der Waals surface area contributed by atoms with E-state index >= 15 is 0 Å². The highest BCUT2D eigenvalue weighted by Crippen LogP contribution is 2.41. The molecule has 0 bridgehead atoms. The first-order valence-corrected chi connectivity index (χ1v) is 7.00. The topological polar surface area (TPSA) is 46.5 Å². The summed E-state index contributed by atoms with van der Waals surface area (Å²) in [5.74, 6) is 0.786. The van der Waals surface area contributed by atoms with Crippen LogP contribution in [0.25, 0.3) is 11.1 Å². The molecule has 2 heterocycles. The van der Waals surface area contributed by atoms with E-state index in [1.165, 1.54) is 29.5 Å². The first-order chi connectivity index (χ1) is 9.88. The van der Waals surface area contributed by atoms with Gasteiger partial charge in [0.1, 0.15) is 0 Å². The second-order valence-electron chi connectivity index (χ2n) is 5.39. The zero-order valence-electron chi connectivity index (χ0n) is 11.2. The van der Waals surface area contributed by atoms with Gasteiger partial charge >= 0.3 is 0 Å². The molecule has 3 aromatic rings. The third-order valence-electron chi connectivity index (χ3n) is 3.78. The van der Waals surface area contributed by atoms with E-state index in [1.54, 1.807) is 0 Å². The second kappa shape index (κ2) is 4.63. The molecule has 100 valence electrons. The number of aromatic amines is 1. The molecule has 0 unspecified atom stereocenters. The number of H-pyrrole nitrogens is 1. The fraction of sp³-hybridized carbons (Fsp3) is 0.250. The average Bonchev–Trinajstić information content (AvgIpc) is 3.02. The van der Waals surface area contributed by atoms with E-state index < -0.39 is 0 Å². The van der Waals surface area contributed by atoms with E-state index in [2.05, 4.69) is 45.8 Å². The van der Waals surface area contributed by atoms with Gasteiger partial charge in [0, 0.05) is 18.0 Å². The summed E-state index contributed by atoms with van der Waals surface area (Å²) < 4.78 is 1.93. The molecule has 1 saturated carbocycles. The molecule has 0 radical (unpaired) electrons. The molecule has 20 heavy (non-hydrogen) atoms. The van der Waals surface area contributed by atoms with Crippen molar-refractivity contribution in [1.29, 1.82) is 0 Å².